The molecule has 2 fully saturated rings. The molecule has 1 aliphatic carbocycles. The van der Waals surface area contributed by atoms with Crippen LogP contribution in [0.4, 0.5) is 4.79 Å². The zero-order chi connectivity index (χ0) is 18.2. The fraction of sp³-hybridized carbons (Fsp3) is 0.412. The number of hydrogen-bond acceptors (Lipinski definition) is 4. The second-order valence-corrected chi connectivity index (χ2v) is 6.58. The molecule has 1 aromatic carbocycles. The van der Waals surface area contributed by atoms with Crippen molar-refractivity contribution in [2.24, 2.45) is 5.92 Å². The molecule has 8 heteroatoms. The van der Waals surface area contributed by atoms with E-state index in [0.29, 0.717) is 0 Å². The molecule has 132 valence electrons. The summed E-state index contributed by atoms with van der Waals surface area (Å²) >= 11 is 0. The van der Waals surface area contributed by atoms with Crippen molar-refractivity contribution in [3.63, 3.8) is 0 Å². The van der Waals surface area contributed by atoms with E-state index in [4.69, 9.17) is 5.11 Å². The lowest BCUT2D eigenvalue weighted by molar-refractivity contribution is -0.135. The third-order valence-corrected chi connectivity index (χ3v) is 4.69. The van der Waals surface area contributed by atoms with Gasteiger partial charge in [-0.25, -0.2) is 9.59 Å². The normalized spacial score (nSPS) is 22.7. The minimum absolute atomic E-state index is 0.143. The molecule has 1 atom stereocenters. The van der Waals surface area contributed by atoms with Gasteiger partial charge in [0.15, 0.2) is 0 Å². The third-order valence-electron chi connectivity index (χ3n) is 4.69. The zero-order valence-corrected chi connectivity index (χ0v) is 13.7. The number of carbonyl (C=O) groups is 4. The van der Waals surface area contributed by atoms with Crippen molar-refractivity contribution in [2.45, 2.75) is 31.8 Å². The minimum Gasteiger partial charge on any atom is -0.478 e. The van der Waals surface area contributed by atoms with E-state index >= 15 is 0 Å². The van der Waals surface area contributed by atoms with Gasteiger partial charge in [0.05, 0.1) is 5.56 Å². The molecule has 4 amide bonds. The Labute approximate surface area is 144 Å². The molecule has 2 aliphatic rings. The van der Waals surface area contributed by atoms with Crippen molar-refractivity contribution in [3.05, 3.63) is 35.4 Å². The van der Waals surface area contributed by atoms with E-state index in [1.165, 1.54) is 12.1 Å². The molecule has 0 bridgehead atoms. The molecule has 1 aromatic rings. The average molecular weight is 345 g/mol. The van der Waals surface area contributed by atoms with Gasteiger partial charge in [-0.05, 0) is 43.4 Å². The van der Waals surface area contributed by atoms with Crippen LogP contribution < -0.4 is 10.6 Å². The van der Waals surface area contributed by atoms with Crippen LogP contribution in [0, 0.1) is 5.92 Å². The largest absolute Gasteiger partial charge is 0.478 e. The number of aromatic carboxylic acids is 1. The van der Waals surface area contributed by atoms with Gasteiger partial charge < -0.3 is 15.7 Å². The Bertz CT molecular complexity index is 741. The zero-order valence-electron chi connectivity index (χ0n) is 13.7. The molecule has 1 aliphatic heterocycles. The van der Waals surface area contributed by atoms with E-state index in [9.17, 15) is 19.2 Å². The number of carboxylic acid groups (broad SMARTS) is 1. The maximum Gasteiger partial charge on any atom is 0.335 e. The topological polar surface area (TPSA) is 116 Å². The van der Waals surface area contributed by atoms with Crippen LogP contribution in [-0.2, 0) is 16.1 Å². The van der Waals surface area contributed by atoms with Gasteiger partial charge in [0.1, 0.15) is 12.1 Å². The summed E-state index contributed by atoms with van der Waals surface area (Å²) in [4.78, 5) is 48.2. The van der Waals surface area contributed by atoms with Crippen molar-refractivity contribution >= 4 is 23.8 Å². The molecule has 3 rings (SSSR count). The number of amides is 4. The van der Waals surface area contributed by atoms with Crippen LogP contribution in [0.3, 0.4) is 0 Å². The summed E-state index contributed by atoms with van der Waals surface area (Å²) in [5, 5.41) is 14.2. The Balaban J connectivity index is 1.55. The fourth-order valence-corrected chi connectivity index (χ4v) is 2.96. The first kappa shape index (κ1) is 16.9. The summed E-state index contributed by atoms with van der Waals surface area (Å²) in [5.41, 5.74) is -0.0172. The molecule has 0 aromatic heterocycles. The fourth-order valence-electron chi connectivity index (χ4n) is 2.96. The number of nitrogens with one attached hydrogen (secondary N) is 2. The van der Waals surface area contributed by atoms with Crippen molar-refractivity contribution in [1.29, 1.82) is 0 Å². The van der Waals surface area contributed by atoms with Gasteiger partial charge in [0.2, 0.25) is 5.91 Å². The van der Waals surface area contributed by atoms with E-state index in [0.717, 1.165) is 23.3 Å². The van der Waals surface area contributed by atoms with E-state index in [1.807, 2.05) is 0 Å². The molecule has 8 nitrogen and oxygen atoms in total. The number of imide groups is 1. The maximum absolute atomic E-state index is 12.4. The summed E-state index contributed by atoms with van der Waals surface area (Å²) < 4.78 is 0. The van der Waals surface area contributed by atoms with E-state index < -0.39 is 23.4 Å². The highest BCUT2D eigenvalue weighted by Gasteiger charge is 2.56. The molecule has 0 spiro atoms. The van der Waals surface area contributed by atoms with Gasteiger partial charge in [-0.15, -0.1) is 0 Å². The quantitative estimate of drug-likeness (QED) is 0.657. The summed E-state index contributed by atoms with van der Waals surface area (Å²) in [6.07, 6.45) is 1.80. The molecule has 1 saturated heterocycles. The number of rotatable bonds is 6. The highest BCUT2D eigenvalue weighted by molar-refractivity contribution is 6.09. The lowest BCUT2D eigenvalue weighted by Crippen LogP contribution is -2.46. The molecule has 25 heavy (non-hydrogen) atoms. The van der Waals surface area contributed by atoms with Gasteiger partial charge in [0, 0.05) is 6.54 Å². The Hall–Kier alpha value is -2.90. The van der Waals surface area contributed by atoms with Crippen LogP contribution in [-0.4, -0.2) is 45.9 Å². The first-order chi connectivity index (χ1) is 11.8. The minimum atomic E-state index is -1.02. The summed E-state index contributed by atoms with van der Waals surface area (Å²) in [6.45, 7) is 1.55. The highest BCUT2D eigenvalue weighted by Crippen LogP contribution is 2.42. The number of urea groups is 1. The molecule has 0 radical (unpaired) electrons. The van der Waals surface area contributed by atoms with Gasteiger partial charge in [-0.3, -0.25) is 14.5 Å². The number of benzene rings is 1. The van der Waals surface area contributed by atoms with Crippen molar-refractivity contribution in [2.75, 3.05) is 6.54 Å². The first-order valence-electron chi connectivity index (χ1n) is 8.04. The van der Waals surface area contributed by atoms with E-state index in [1.54, 1.807) is 19.1 Å². The van der Waals surface area contributed by atoms with Crippen LogP contribution in [0.15, 0.2) is 24.3 Å². The highest BCUT2D eigenvalue weighted by atomic mass is 16.4. The van der Waals surface area contributed by atoms with Crippen molar-refractivity contribution < 1.29 is 24.3 Å². The SMILES string of the molecule is C[C@]1(C2CC2)NC(=O)N(CC(=O)NCc2ccc(C(=O)O)cc2)C1=O. The van der Waals surface area contributed by atoms with Crippen LogP contribution in [0.2, 0.25) is 0 Å². The lowest BCUT2D eigenvalue weighted by Gasteiger charge is -2.20. The van der Waals surface area contributed by atoms with Gasteiger partial charge in [-0.1, -0.05) is 12.1 Å². The smallest absolute Gasteiger partial charge is 0.335 e. The van der Waals surface area contributed by atoms with Gasteiger partial charge >= 0.3 is 12.0 Å². The monoisotopic (exact) mass is 345 g/mol. The molecule has 1 heterocycles. The van der Waals surface area contributed by atoms with E-state index in [2.05, 4.69) is 10.6 Å². The molecule has 3 N–H and O–H groups in total. The standard InChI is InChI=1S/C17H19N3O5/c1-17(12-6-7-12)15(24)20(16(25)19-17)9-13(21)18-8-10-2-4-11(5-3-10)14(22)23/h2-5,12H,6-9H2,1H3,(H,18,21)(H,19,25)(H,22,23)/t17-/m1/s1. The second kappa shape index (κ2) is 6.19. The van der Waals surface area contributed by atoms with Gasteiger partial charge in [0.25, 0.3) is 5.91 Å². The molecule has 0 unspecified atom stereocenters. The van der Waals surface area contributed by atoms with E-state index in [-0.39, 0.29) is 30.5 Å². The predicted molar refractivity (Wildman–Crippen MR) is 86.6 cm³/mol. The van der Waals surface area contributed by atoms with Crippen molar-refractivity contribution in [1.82, 2.24) is 15.5 Å². The predicted octanol–water partition coefficient (Wildman–Crippen LogP) is 0.721. The van der Waals surface area contributed by atoms with Crippen LogP contribution in [0.5, 0.6) is 0 Å². The second-order valence-electron chi connectivity index (χ2n) is 6.58. The molecular formula is C17H19N3O5. The van der Waals surface area contributed by atoms with Crippen LogP contribution >= 0.6 is 0 Å². The Morgan fingerprint density at radius 1 is 1.28 bits per heavy atom. The Kier molecular flexibility index (Phi) is 4.20. The number of carboxylic acids is 1. The first-order valence-corrected chi connectivity index (χ1v) is 8.04. The van der Waals surface area contributed by atoms with Crippen molar-refractivity contribution in [3.8, 4) is 0 Å². The summed E-state index contributed by atoms with van der Waals surface area (Å²) in [6, 6.07) is 5.55. The summed E-state index contributed by atoms with van der Waals surface area (Å²) in [5.74, 6) is -1.69. The average Bonchev–Trinajstić information content (AvgIpc) is 3.39. The van der Waals surface area contributed by atoms with Crippen LogP contribution in [0.1, 0.15) is 35.7 Å². The Morgan fingerprint density at radius 3 is 2.48 bits per heavy atom. The maximum atomic E-state index is 12.4. The summed E-state index contributed by atoms with van der Waals surface area (Å²) in [7, 11) is 0. The van der Waals surface area contributed by atoms with Crippen LogP contribution in [0.25, 0.3) is 0 Å². The van der Waals surface area contributed by atoms with Gasteiger partial charge in [-0.2, -0.15) is 0 Å². The third kappa shape index (κ3) is 3.33. The lowest BCUT2D eigenvalue weighted by atomic mass is 9.96. The molecule has 1 saturated carbocycles. The number of nitrogens with zero attached hydrogens (tertiary/aromatic N) is 1. The Morgan fingerprint density at radius 2 is 1.92 bits per heavy atom. The molecular weight excluding hydrogens is 326 g/mol. The number of hydrogen-bond donors (Lipinski definition) is 3. The number of carbonyl (C=O) groups excluding carboxylic acids is 3.